The Hall–Kier alpha value is -0.730. The van der Waals surface area contributed by atoms with Gasteiger partial charge in [0.2, 0.25) is 0 Å². The van der Waals surface area contributed by atoms with Crippen LogP contribution in [0.15, 0.2) is 0 Å². The molecule has 0 bridgehead atoms. The number of carbonyl (C=O) groups excluding carboxylic acids is 1. The third-order valence-electron chi connectivity index (χ3n) is 2.12. The van der Waals surface area contributed by atoms with E-state index in [1.807, 2.05) is 20.8 Å². The maximum absolute atomic E-state index is 11.5. The van der Waals surface area contributed by atoms with Crippen LogP contribution in [0.3, 0.4) is 0 Å². The average Bonchev–Trinajstić information content (AvgIpc) is 1.95. The van der Waals surface area contributed by atoms with E-state index >= 15 is 0 Å². The second kappa shape index (κ2) is 5.38. The van der Waals surface area contributed by atoms with Crippen LogP contribution in [0, 0.1) is 11.8 Å². The molecule has 0 aliphatic heterocycles. The molecular formula is C12H25NO2. The predicted molar refractivity (Wildman–Crippen MR) is 62.8 cm³/mol. The summed E-state index contributed by atoms with van der Waals surface area (Å²) in [5, 5.41) is 2.91. The lowest BCUT2D eigenvalue weighted by atomic mass is 9.93. The molecule has 0 aliphatic carbocycles. The van der Waals surface area contributed by atoms with E-state index in [0.29, 0.717) is 11.8 Å². The van der Waals surface area contributed by atoms with Gasteiger partial charge in [0.15, 0.2) is 0 Å². The van der Waals surface area contributed by atoms with Gasteiger partial charge >= 0.3 is 6.09 Å². The molecule has 1 amide bonds. The van der Waals surface area contributed by atoms with E-state index in [0.717, 1.165) is 0 Å². The zero-order chi connectivity index (χ0) is 12.2. The van der Waals surface area contributed by atoms with Crippen LogP contribution in [-0.2, 0) is 4.74 Å². The zero-order valence-electron chi connectivity index (χ0n) is 11.0. The number of carbonyl (C=O) groups is 1. The molecule has 0 aliphatic rings. The van der Waals surface area contributed by atoms with Crippen molar-refractivity contribution in [1.29, 1.82) is 0 Å². The molecule has 0 atom stereocenters. The highest BCUT2D eigenvalue weighted by Gasteiger charge is 2.23. The second-order valence-corrected chi connectivity index (χ2v) is 5.66. The van der Waals surface area contributed by atoms with Crippen LogP contribution in [0.2, 0.25) is 0 Å². The first-order chi connectivity index (χ1) is 6.63. The van der Waals surface area contributed by atoms with E-state index < -0.39 is 5.60 Å². The van der Waals surface area contributed by atoms with Gasteiger partial charge in [0.25, 0.3) is 0 Å². The fourth-order valence-electron chi connectivity index (χ4n) is 1.55. The smallest absolute Gasteiger partial charge is 0.407 e. The van der Waals surface area contributed by atoms with Crippen LogP contribution in [0.5, 0.6) is 0 Å². The third-order valence-corrected chi connectivity index (χ3v) is 2.12. The minimum atomic E-state index is -0.428. The molecule has 0 radical (unpaired) electrons. The second-order valence-electron chi connectivity index (χ2n) is 5.66. The molecule has 0 heterocycles. The number of hydrogen-bond acceptors (Lipinski definition) is 2. The summed E-state index contributed by atoms with van der Waals surface area (Å²) in [7, 11) is 0. The minimum absolute atomic E-state index is 0.167. The Labute approximate surface area is 93.6 Å². The molecule has 90 valence electrons. The van der Waals surface area contributed by atoms with Crippen molar-refractivity contribution in [1.82, 2.24) is 5.32 Å². The van der Waals surface area contributed by atoms with E-state index in [4.69, 9.17) is 4.74 Å². The molecule has 3 nitrogen and oxygen atoms in total. The molecule has 0 spiro atoms. The topological polar surface area (TPSA) is 38.3 Å². The van der Waals surface area contributed by atoms with Crippen LogP contribution < -0.4 is 5.32 Å². The summed E-state index contributed by atoms with van der Waals surface area (Å²) >= 11 is 0. The fraction of sp³-hybridized carbons (Fsp3) is 0.917. The van der Waals surface area contributed by atoms with Crippen LogP contribution in [0.4, 0.5) is 4.79 Å². The molecule has 0 aromatic heterocycles. The number of ether oxygens (including phenoxy) is 1. The SMILES string of the molecule is CC(C)C(NC(=O)OC(C)(C)C)C(C)C. The molecule has 0 saturated heterocycles. The van der Waals surface area contributed by atoms with Crippen molar-refractivity contribution < 1.29 is 9.53 Å². The third kappa shape index (κ3) is 6.37. The highest BCUT2D eigenvalue weighted by atomic mass is 16.6. The van der Waals surface area contributed by atoms with Crippen molar-refractivity contribution in [3.8, 4) is 0 Å². The molecule has 3 heteroatoms. The Morgan fingerprint density at radius 2 is 1.47 bits per heavy atom. The van der Waals surface area contributed by atoms with Gasteiger partial charge in [-0.2, -0.15) is 0 Å². The van der Waals surface area contributed by atoms with E-state index in [2.05, 4.69) is 33.0 Å². The summed E-state index contributed by atoms with van der Waals surface area (Å²) in [6.45, 7) is 14.0. The number of amides is 1. The summed E-state index contributed by atoms with van der Waals surface area (Å²) < 4.78 is 5.22. The Bertz CT molecular complexity index is 196. The molecule has 0 unspecified atom stereocenters. The van der Waals surface area contributed by atoms with Crippen LogP contribution in [0.1, 0.15) is 48.5 Å². The monoisotopic (exact) mass is 215 g/mol. The molecular weight excluding hydrogens is 190 g/mol. The average molecular weight is 215 g/mol. The number of nitrogens with one attached hydrogen (secondary N) is 1. The lowest BCUT2D eigenvalue weighted by Crippen LogP contribution is -2.44. The standard InChI is InChI=1S/C12H25NO2/c1-8(2)10(9(3)4)13-11(14)15-12(5,6)7/h8-10H,1-7H3,(H,13,14). The molecule has 0 aromatic carbocycles. The summed E-state index contributed by atoms with van der Waals surface area (Å²) in [6, 6.07) is 0.167. The Balaban J connectivity index is 4.25. The van der Waals surface area contributed by atoms with E-state index in [9.17, 15) is 4.79 Å². The summed E-state index contributed by atoms with van der Waals surface area (Å²) in [5.41, 5.74) is -0.428. The normalized spacial score (nSPS) is 12.4. The summed E-state index contributed by atoms with van der Waals surface area (Å²) in [6.07, 6.45) is -0.324. The number of alkyl carbamates (subject to hydrolysis) is 1. The Kier molecular flexibility index (Phi) is 5.12. The summed E-state index contributed by atoms with van der Waals surface area (Å²) in [4.78, 5) is 11.5. The molecule has 1 N–H and O–H groups in total. The Morgan fingerprint density at radius 1 is 1.07 bits per heavy atom. The maximum Gasteiger partial charge on any atom is 0.407 e. The number of hydrogen-bond donors (Lipinski definition) is 1. The van der Waals surface area contributed by atoms with Crippen molar-refractivity contribution in [2.24, 2.45) is 11.8 Å². The van der Waals surface area contributed by atoms with Gasteiger partial charge in [0, 0.05) is 6.04 Å². The van der Waals surface area contributed by atoms with Gasteiger partial charge in [-0.1, -0.05) is 27.7 Å². The van der Waals surface area contributed by atoms with Gasteiger partial charge in [0.1, 0.15) is 5.60 Å². The van der Waals surface area contributed by atoms with Crippen molar-refractivity contribution >= 4 is 6.09 Å². The van der Waals surface area contributed by atoms with Gasteiger partial charge < -0.3 is 10.1 Å². The highest BCUT2D eigenvalue weighted by Crippen LogP contribution is 2.13. The van der Waals surface area contributed by atoms with E-state index in [1.165, 1.54) is 0 Å². The first-order valence-electron chi connectivity index (χ1n) is 5.63. The summed E-state index contributed by atoms with van der Waals surface area (Å²) in [5.74, 6) is 0.829. The van der Waals surface area contributed by atoms with E-state index in [-0.39, 0.29) is 12.1 Å². The van der Waals surface area contributed by atoms with Crippen LogP contribution >= 0.6 is 0 Å². The van der Waals surface area contributed by atoms with E-state index in [1.54, 1.807) is 0 Å². The molecule has 0 saturated carbocycles. The quantitative estimate of drug-likeness (QED) is 0.785. The zero-order valence-corrected chi connectivity index (χ0v) is 11.0. The highest BCUT2D eigenvalue weighted by molar-refractivity contribution is 5.68. The fourth-order valence-corrected chi connectivity index (χ4v) is 1.55. The van der Waals surface area contributed by atoms with Gasteiger partial charge in [-0.15, -0.1) is 0 Å². The minimum Gasteiger partial charge on any atom is -0.444 e. The molecule has 0 fully saturated rings. The predicted octanol–water partition coefficient (Wildman–Crippen LogP) is 3.19. The maximum atomic E-state index is 11.5. The van der Waals surface area contributed by atoms with Crippen LogP contribution in [0.25, 0.3) is 0 Å². The Morgan fingerprint density at radius 3 is 1.73 bits per heavy atom. The molecule has 0 rings (SSSR count). The lowest BCUT2D eigenvalue weighted by molar-refractivity contribution is 0.0472. The van der Waals surface area contributed by atoms with Crippen molar-refractivity contribution in [3.05, 3.63) is 0 Å². The largest absolute Gasteiger partial charge is 0.444 e. The lowest BCUT2D eigenvalue weighted by Gasteiger charge is -2.28. The van der Waals surface area contributed by atoms with Gasteiger partial charge in [-0.3, -0.25) is 0 Å². The number of rotatable bonds is 3. The first-order valence-corrected chi connectivity index (χ1v) is 5.63. The van der Waals surface area contributed by atoms with Crippen LogP contribution in [-0.4, -0.2) is 17.7 Å². The van der Waals surface area contributed by atoms with Gasteiger partial charge in [0.05, 0.1) is 0 Å². The molecule has 0 aromatic rings. The van der Waals surface area contributed by atoms with Crippen molar-refractivity contribution in [2.45, 2.75) is 60.1 Å². The van der Waals surface area contributed by atoms with Crippen molar-refractivity contribution in [2.75, 3.05) is 0 Å². The van der Waals surface area contributed by atoms with Gasteiger partial charge in [-0.25, -0.2) is 4.79 Å². The van der Waals surface area contributed by atoms with Gasteiger partial charge in [-0.05, 0) is 32.6 Å². The van der Waals surface area contributed by atoms with Crippen molar-refractivity contribution in [3.63, 3.8) is 0 Å². The first kappa shape index (κ1) is 14.3. The molecule has 15 heavy (non-hydrogen) atoms.